The minimum atomic E-state index is -1.05. The number of halogens is 1. The molecule has 3 amide bonds. The predicted octanol–water partition coefficient (Wildman–Crippen LogP) is 2.34. The Morgan fingerprint density at radius 3 is 2.72 bits per heavy atom. The molecule has 1 fully saturated rings. The Kier molecular flexibility index (Phi) is 6.11. The van der Waals surface area contributed by atoms with Gasteiger partial charge in [-0.3, -0.25) is 14.5 Å². The number of carbonyl (C=O) groups excluding carboxylic acids is 2. The van der Waals surface area contributed by atoms with Crippen LogP contribution in [0.25, 0.3) is 0 Å². The summed E-state index contributed by atoms with van der Waals surface area (Å²) in [5.41, 5.74) is 2.03. The molecule has 0 aliphatic carbocycles. The second kappa shape index (κ2) is 8.72. The zero-order valence-electron chi connectivity index (χ0n) is 15.9. The molecule has 0 aromatic heterocycles. The molecule has 1 saturated heterocycles. The van der Waals surface area contributed by atoms with Gasteiger partial charge in [0.25, 0.3) is 5.91 Å². The van der Waals surface area contributed by atoms with Crippen LogP contribution in [0.1, 0.15) is 21.5 Å². The quantitative estimate of drug-likeness (QED) is 0.666. The number of anilines is 1. The van der Waals surface area contributed by atoms with E-state index in [0.717, 1.165) is 17.2 Å². The Morgan fingerprint density at radius 2 is 2.07 bits per heavy atom. The van der Waals surface area contributed by atoms with Gasteiger partial charge in [-0.25, -0.2) is 9.18 Å². The Bertz CT molecular complexity index is 947. The van der Waals surface area contributed by atoms with Crippen LogP contribution in [0.2, 0.25) is 0 Å². The molecule has 152 valence electrons. The number of carbonyl (C=O) groups is 3. The number of benzene rings is 2. The van der Waals surface area contributed by atoms with Crippen LogP contribution in [0.15, 0.2) is 42.5 Å². The minimum Gasteiger partial charge on any atom is -0.481 e. The molecule has 8 heteroatoms. The third-order valence-electron chi connectivity index (χ3n) is 4.79. The van der Waals surface area contributed by atoms with Crippen molar-refractivity contribution in [2.45, 2.75) is 13.3 Å². The van der Waals surface area contributed by atoms with Crippen molar-refractivity contribution in [3.8, 4) is 0 Å². The Labute approximate surface area is 167 Å². The highest BCUT2D eigenvalue weighted by Gasteiger charge is 2.24. The molecule has 3 rings (SSSR count). The van der Waals surface area contributed by atoms with E-state index in [1.165, 1.54) is 17.0 Å². The van der Waals surface area contributed by atoms with E-state index >= 15 is 0 Å². The maximum Gasteiger partial charge on any atom is 0.321 e. The predicted molar refractivity (Wildman–Crippen MR) is 105 cm³/mol. The molecule has 1 aliphatic rings. The molecule has 29 heavy (non-hydrogen) atoms. The second-order valence-corrected chi connectivity index (χ2v) is 6.99. The minimum absolute atomic E-state index is 0.143. The van der Waals surface area contributed by atoms with E-state index < -0.39 is 23.6 Å². The largest absolute Gasteiger partial charge is 0.481 e. The van der Waals surface area contributed by atoms with E-state index in [-0.39, 0.29) is 24.6 Å². The molecular weight excluding hydrogens is 377 g/mol. The summed E-state index contributed by atoms with van der Waals surface area (Å²) in [5.74, 6) is -3.36. The number of urea groups is 1. The van der Waals surface area contributed by atoms with Gasteiger partial charge in [-0.2, -0.15) is 0 Å². The van der Waals surface area contributed by atoms with E-state index in [1.54, 1.807) is 0 Å². The summed E-state index contributed by atoms with van der Waals surface area (Å²) < 4.78 is 14.2. The third kappa shape index (κ3) is 4.90. The molecule has 0 radical (unpaired) electrons. The monoisotopic (exact) mass is 399 g/mol. The summed E-state index contributed by atoms with van der Waals surface area (Å²) >= 11 is 0. The summed E-state index contributed by atoms with van der Waals surface area (Å²) in [5, 5.41) is 14.6. The maximum atomic E-state index is 14.2. The Balaban J connectivity index is 1.70. The van der Waals surface area contributed by atoms with Crippen LogP contribution in [-0.4, -0.2) is 42.6 Å². The van der Waals surface area contributed by atoms with Gasteiger partial charge in [0.1, 0.15) is 5.82 Å². The highest BCUT2D eigenvalue weighted by atomic mass is 19.1. The first-order valence-electron chi connectivity index (χ1n) is 9.26. The van der Waals surface area contributed by atoms with Gasteiger partial charge >= 0.3 is 12.0 Å². The number of hydrogen-bond donors (Lipinski definition) is 3. The van der Waals surface area contributed by atoms with E-state index in [2.05, 4.69) is 10.6 Å². The number of carboxylic acid groups (broad SMARTS) is 1. The Morgan fingerprint density at radius 1 is 1.28 bits per heavy atom. The van der Waals surface area contributed by atoms with Crippen molar-refractivity contribution in [2.24, 2.45) is 5.92 Å². The number of nitrogens with one attached hydrogen (secondary N) is 2. The van der Waals surface area contributed by atoms with Gasteiger partial charge in [0.05, 0.1) is 11.5 Å². The van der Waals surface area contributed by atoms with E-state index in [9.17, 15) is 23.9 Å². The summed E-state index contributed by atoms with van der Waals surface area (Å²) in [6, 6.07) is 11.0. The average Bonchev–Trinajstić information content (AvgIpc) is 3.11. The topological polar surface area (TPSA) is 98.7 Å². The number of carboxylic acids is 1. The molecule has 7 nitrogen and oxygen atoms in total. The lowest BCUT2D eigenvalue weighted by Gasteiger charge is -2.17. The second-order valence-electron chi connectivity index (χ2n) is 6.99. The molecular formula is C21H22FN3O4. The summed E-state index contributed by atoms with van der Waals surface area (Å²) in [4.78, 5) is 37.3. The first-order valence-corrected chi connectivity index (χ1v) is 9.26. The van der Waals surface area contributed by atoms with Crippen LogP contribution in [0, 0.1) is 18.7 Å². The molecule has 0 bridgehead atoms. The summed E-state index contributed by atoms with van der Waals surface area (Å²) in [6.45, 7) is 2.66. The van der Waals surface area contributed by atoms with E-state index in [4.69, 9.17) is 0 Å². The van der Waals surface area contributed by atoms with Gasteiger partial charge < -0.3 is 15.7 Å². The number of aliphatic carboxylic acids is 1. The van der Waals surface area contributed by atoms with Crippen molar-refractivity contribution >= 4 is 23.6 Å². The van der Waals surface area contributed by atoms with Crippen LogP contribution in [-0.2, 0) is 11.2 Å². The lowest BCUT2D eigenvalue weighted by Crippen LogP contribution is -2.34. The number of rotatable bonds is 7. The van der Waals surface area contributed by atoms with Crippen LogP contribution >= 0.6 is 0 Å². The van der Waals surface area contributed by atoms with Crippen LogP contribution in [0.4, 0.5) is 14.9 Å². The highest BCUT2D eigenvalue weighted by Crippen LogP contribution is 2.21. The van der Waals surface area contributed by atoms with Gasteiger partial charge in [-0.1, -0.05) is 29.8 Å². The normalized spacial score (nSPS) is 14.4. The molecule has 1 aliphatic heterocycles. The molecule has 0 saturated carbocycles. The average molecular weight is 399 g/mol. The fraction of sp³-hybridized carbons (Fsp3) is 0.286. The van der Waals surface area contributed by atoms with Gasteiger partial charge in [-0.05, 0) is 37.1 Å². The van der Waals surface area contributed by atoms with E-state index in [0.29, 0.717) is 18.8 Å². The number of nitrogens with zero attached hydrogens (tertiary/aromatic N) is 1. The molecule has 1 heterocycles. The smallest absolute Gasteiger partial charge is 0.321 e. The van der Waals surface area contributed by atoms with Gasteiger partial charge in [0, 0.05) is 25.3 Å². The fourth-order valence-electron chi connectivity index (χ4n) is 3.25. The molecule has 0 spiro atoms. The zero-order chi connectivity index (χ0) is 21.0. The van der Waals surface area contributed by atoms with Crippen LogP contribution in [0.5, 0.6) is 0 Å². The van der Waals surface area contributed by atoms with Crippen molar-refractivity contribution < 1.29 is 23.9 Å². The van der Waals surface area contributed by atoms with Crippen LogP contribution < -0.4 is 15.5 Å². The van der Waals surface area contributed by atoms with Crippen LogP contribution in [0.3, 0.4) is 0 Å². The van der Waals surface area contributed by atoms with Crippen molar-refractivity contribution in [2.75, 3.05) is 24.5 Å². The fourth-order valence-corrected chi connectivity index (χ4v) is 3.25. The molecule has 2 aromatic carbocycles. The van der Waals surface area contributed by atoms with Gasteiger partial charge in [0.15, 0.2) is 0 Å². The summed E-state index contributed by atoms with van der Waals surface area (Å²) in [6.07, 6.45) is 0.244. The number of amides is 3. The van der Waals surface area contributed by atoms with Gasteiger partial charge in [-0.15, -0.1) is 0 Å². The summed E-state index contributed by atoms with van der Waals surface area (Å²) in [7, 11) is 0. The maximum absolute atomic E-state index is 14.2. The number of aryl methyl sites for hydroxylation is 1. The molecule has 1 atom stereocenters. The van der Waals surface area contributed by atoms with Crippen molar-refractivity contribution in [3.63, 3.8) is 0 Å². The SMILES string of the molecule is Cc1cccc(CC(CNC(=O)c2cc(N3CCNC3=O)ccc2F)C(=O)O)c1. The zero-order valence-corrected chi connectivity index (χ0v) is 15.9. The molecule has 3 N–H and O–H groups in total. The third-order valence-corrected chi connectivity index (χ3v) is 4.79. The first-order chi connectivity index (χ1) is 13.8. The van der Waals surface area contributed by atoms with Crippen molar-refractivity contribution in [1.29, 1.82) is 0 Å². The van der Waals surface area contributed by atoms with Crippen molar-refractivity contribution in [3.05, 3.63) is 65.0 Å². The lowest BCUT2D eigenvalue weighted by atomic mass is 9.98. The van der Waals surface area contributed by atoms with E-state index in [1.807, 2.05) is 31.2 Å². The Hall–Kier alpha value is -3.42. The highest BCUT2D eigenvalue weighted by molar-refractivity contribution is 5.98. The molecule has 2 aromatic rings. The lowest BCUT2D eigenvalue weighted by molar-refractivity contribution is -0.141. The number of hydrogen-bond acceptors (Lipinski definition) is 3. The first kappa shape index (κ1) is 20.3. The van der Waals surface area contributed by atoms with Gasteiger partial charge in [0.2, 0.25) is 0 Å². The standard InChI is InChI=1S/C21H22FN3O4/c1-13-3-2-4-14(9-13)10-15(20(27)28)12-24-19(26)17-11-16(5-6-18(17)22)25-8-7-23-21(25)29/h2-6,9,11,15H,7-8,10,12H2,1H3,(H,23,29)(H,24,26)(H,27,28). The van der Waals surface area contributed by atoms with Crippen molar-refractivity contribution in [1.82, 2.24) is 10.6 Å². The molecule has 1 unspecified atom stereocenters.